The summed E-state index contributed by atoms with van der Waals surface area (Å²) in [5.74, 6) is -0.0972. The Morgan fingerprint density at radius 3 is 2.27 bits per heavy atom. The first kappa shape index (κ1) is 8.53. The van der Waals surface area contributed by atoms with Gasteiger partial charge in [-0.15, -0.1) is 0 Å². The number of cyclic esters (lactones) is 1. The minimum absolute atomic E-state index is 0.0411. The molecule has 1 heterocycles. The molecule has 64 valence electrons. The number of likely N-dealkylation sites (N-methyl/N-ethyl adjacent to an activating group) is 1. The van der Waals surface area contributed by atoms with Crippen LogP contribution in [-0.2, 0) is 9.53 Å². The van der Waals surface area contributed by atoms with Crippen LogP contribution >= 0.6 is 0 Å². The third-order valence-electron chi connectivity index (χ3n) is 2.07. The first-order valence-corrected chi connectivity index (χ1v) is 3.78. The Kier molecular flexibility index (Phi) is 1.92. The third kappa shape index (κ3) is 1.38. The number of hydrogen-bond donors (Lipinski definition) is 0. The van der Waals surface area contributed by atoms with Crippen LogP contribution in [0.25, 0.3) is 0 Å². The maximum atomic E-state index is 11.2. The average Bonchev–Trinajstić information content (AvgIpc) is 2.06. The molecule has 1 unspecified atom stereocenters. The zero-order valence-corrected chi connectivity index (χ0v) is 7.55. The molecule has 0 aromatic rings. The van der Waals surface area contributed by atoms with E-state index in [4.69, 9.17) is 4.74 Å². The smallest absolute Gasteiger partial charge is 0.324 e. The average molecular weight is 157 g/mol. The van der Waals surface area contributed by atoms with Crippen molar-refractivity contribution >= 4 is 5.97 Å². The topological polar surface area (TPSA) is 29.5 Å². The minimum atomic E-state index is -0.0972. The van der Waals surface area contributed by atoms with Crippen LogP contribution in [0.4, 0.5) is 0 Å². The van der Waals surface area contributed by atoms with Crippen LogP contribution < -0.4 is 0 Å². The second-order valence-corrected chi connectivity index (χ2v) is 3.96. The van der Waals surface area contributed by atoms with Crippen molar-refractivity contribution in [3.05, 3.63) is 0 Å². The summed E-state index contributed by atoms with van der Waals surface area (Å²) in [6, 6.07) is -0.0810. The van der Waals surface area contributed by atoms with Crippen molar-refractivity contribution in [1.82, 2.24) is 4.90 Å². The number of ether oxygens (including phenoxy) is 1. The summed E-state index contributed by atoms with van der Waals surface area (Å²) in [5.41, 5.74) is -0.0411. The third-order valence-corrected chi connectivity index (χ3v) is 2.07. The van der Waals surface area contributed by atoms with E-state index in [0.717, 1.165) is 0 Å². The highest BCUT2D eigenvalue weighted by Gasteiger charge is 2.44. The van der Waals surface area contributed by atoms with E-state index in [1.54, 1.807) is 0 Å². The molecule has 1 rings (SSSR count). The van der Waals surface area contributed by atoms with Crippen molar-refractivity contribution in [2.45, 2.75) is 19.9 Å². The van der Waals surface area contributed by atoms with Crippen LogP contribution in [-0.4, -0.2) is 37.6 Å². The van der Waals surface area contributed by atoms with Gasteiger partial charge in [0, 0.05) is 5.41 Å². The fourth-order valence-electron chi connectivity index (χ4n) is 1.64. The summed E-state index contributed by atoms with van der Waals surface area (Å²) >= 11 is 0. The Bertz CT molecular complexity index is 175. The number of hydrogen-bond acceptors (Lipinski definition) is 3. The van der Waals surface area contributed by atoms with E-state index in [0.29, 0.717) is 6.61 Å². The first-order chi connectivity index (χ1) is 4.95. The molecule has 0 aromatic carbocycles. The van der Waals surface area contributed by atoms with Crippen LogP contribution in [0, 0.1) is 5.41 Å². The first-order valence-electron chi connectivity index (χ1n) is 3.78. The molecule has 3 nitrogen and oxygen atoms in total. The summed E-state index contributed by atoms with van der Waals surface area (Å²) in [5, 5.41) is 0. The van der Waals surface area contributed by atoms with Crippen LogP contribution in [0.3, 0.4) is 0 Å². The summed E-state index contributed by atoms with van der Waals surface area (Å²) in [4.78, 5) is 13.1. The van der Waals surface area contributed by atoms with E-state index in [1.165, 1.54) is 0 Å². The molecular formula is C8H15NO2. The lowest BCUT2D eigenvalue weighted by Crippen LogP contribution is -2.42. The van der Waals surface area contributed by atoms with Gasteiger partial charge in [-0.25, -0.2) is 0 Å². The standard InChI is InChI=1S/C8H15NO2/c1-8(2)5-11-7(10)6(8)9(3)4/h6H,5H2,1-4H3. The quantitative estimate of drug-likeness (QED) is 0.519. The Balaban J connectivity index is 2.80. The Morgan fingerprint density at radius 2 is 2.09 bits per heavy atom. The Morgan fingerprint density at radius 1 is 1.55 bits per heavy atom. The number of nitrogens with zero attached hydrogens (tertiary/aromatic N) is 1. The molecule has 1 saturated heterocycles. The van der Waals surface area contributed by atoms with Crippen molar-refractivity contribution < 1.29 is 9.53 Å². The number of rotatable bonds is 1. The monoisotopic (exact) mass is 157 g/mol. The van der Waals surface area contributed by atoms with Crippen molar-refractivity contribution in [3.63, 3.8) is 0 Å². The SMILES string of the molecule is CN(C)C1C(=O)OCC1(C)C. The van der Waals surface area contributed by atoms with Gasteiger partial charge in [-0.2, -0.15) is 0 Å². The fraction of sp³-hybridized carbons (Fsp3) is 0.875. The lowest BCUT2D eigenvalue weighted by atomic mass is 9.87. The van der Waals surface area contributed by atoms with Crippen LogP contribution in [0.1, 0.15) is 13.8 Å². The molecule has 1 fully saturated rings. The highest BCUT2D eigenvalue weighted by atomic mass is 16.5. The van der Waals surface area contributed by atoms with E-state index in [2.05, 4.69) is 0 Å². The van der Waals surface area contributed by atoms with E-state index in [9.17, 15) is 4.79 Å². The van der Waals surface area contributed by atoms with Crippen LogP contribution in [0.15, 0.2) is 0 Å². The zero-order chi connectivity index (χ0) is 8.65. The fourth-order valence-corrected chi connectivity index (χ4v) is 1.64. The number of carbonyl (C=O) groups excluding carboxylic acids is 1. The second-order valence-electron chi connectivity index (χ2n) is 3.96. The molecule has 3 heteroatoms. The van der Waals surface area contributed by atoms with Crippen molar-refractivity contribution in [2.24, 2.45) is 5.41 Å². The maximum absolute atomic E-state index is 11.2. The van der Waals surface area contributed by atoms with Crippen molar-refractivity contribution in [2.75, 3.05) is 20.7 Å². The molecule has 0 aromatic heterocycles. The van der Waals surface area contributed by atoms with Gasteiger partial charge in [-0.05, 0) is 14.1 Å². The number of carbonyl (C=O) groups is 1. The molecule has 0 spiro atoms. The largest absolute Gasteiger partial charge is 0.464 e. The van der Waals surface area contributed by atoms with Gasteiger partial charge >= 0.3 is 5.97 Å². The van der Waals surface area contributed by atoms with Crippen molar-refractivity contribution in [1.29, 1.82) is 0 Å². The van der Waals surface area contributed by atoms with E-state index < -0.39 is 0 Å². The summed E-state index contributed by atoms with van der Waals surface area (Å²) in [6.45, 7) is 4.62. The molecule has 1 aliphatic rings. The minimum Gasteiger partial charge on any atom is -0.464 e. The predicted octanol–water partition coefficient (Wildman–Crippen LogP) is 0.500. The molecule has 1 aliphatic heterocycles. The summed E-state index contributed by atoms with van der Waals surface area (Å²) in [6.07, 6.45) is 0. The Labute approximate surface area is 67.3 Å². The van der Waals surface area contributed by atoms with E-state index >= 15 is 0 Å². The number of esters is 1. The van der Waals surface area contributed by atoms with Gasteiger partial charge in [0.25, 0.3) is 0 Å². The van der Waals surface area contributed by atoms with Gasteiger partial charge in [0.1, 0.15) is 6.04 Å². The molecule has 0 saturated carbocycles. The lowest BCUT2D eigenvalue weighted by molar-refractivity contribution is -0.141. The van der Waals surface area contributed by atoms with Crippen LogP contribution in [0.5, 0.6) is 0 Å². The molecular weight excluding hydrogens is 142 g/mol. The molecule has 1 atom stereocenters. The zero-order valence-electron chi connectivity index (χ0n) is 7.55. The summed E-state index contributed by atoms with van der Waals surface area (Å²) < 4.78 is 4.96. The second kappa shape index (κ2) is 2.48. The molecule has 11 heavy (non-hydrogen) atoms. The van der Waals surface area contributed by atoms with Crippen molar-refractivity contribution in [3.8, 4) is 0 Å². The van der Waals surface area contributed by atoms with E-state index in [-0.39, 0.29) is 17.4 Å². The van der Waals surface area contributed by atoms with Gasteiger partial charge in [0.05, 0.1) is 6.61 Å². The predicted molar refractivity (Wildman–Crippen MR) is 42.2 cm³/mol. The lowest BCUT2D eigenvalue weighted by Gasteiger charge is -2.27. The van der Waals surface area contributed by atoms with Gasteiger partial charge in [0.15, 0.2) is 0 Å². The molecule has 0 bridgehead atoms. The maximum Gasteiger partial charge on any atom is 0.324 e. The van der Waals surface area contributed by atoms with E-state index in [1.807, 2.05) is 32.8 Å². The van der Waals surface area contributed by atoms with Gasteiger partial charge in [-0.1, -0.05) is 13.8 Å². The summed E-state index contributed by atoms with van der Waals surface area (Å²) in [7, 11) is 3.80. The normalized spacial score (nSPS) is 29.2. The molecule has 0 N–H and O–H groups in total. The molecule has 0 radical (unpaired) electrons. The van der Waals surface area contributed by atoms with Gasteiger partial charge in [0.2, 0.25) is 0 Å². The highest BCUT2D eigenvalue weighted by Crippen LogP contribution is 2.30. The van der Waals surface area contributed by atoms with Gasteiger partial charge < -0.3 is 4.74 Å². The highest BCUT2D eigenvalue weighted by molar-refractivity contribution is 5.78. The Hall–Kier alpha value is -0.570. The molecule has 0 amide bonds. The van der Waals surface area contributed by atoms with Gasteiger partial charge in [-0.3, -0.25) is 9.69 Å². The molecule has 0 aliphatic carbocycles. The van der Waals surface area contributed by atoms with Crippen LogP contribution in [0.2, 0.25) is 0 Å².